The minimum Gasteiger partial charge on any atom is -0.371 e. The van der Waals surface area contributed by atoms with Gasteiger partial charge in [-0.1, -0.05) is 24.6 Å². The Kier molecular flexibility index (Phi) is 3.29. The van der Waals surface area contributed by atoms with Gasteiger partial charge in [0.25, 0.3) is 0 Å². The van der Waals surface area contributed by atoms with Crippen LogP contribution in [0.3, 0.4) is 0 Å². The van der Waals surface area contributed by atoms with E-state index in [9.17, 15) is 0 Å². The molecule has 98 valence electrons. The third kappa shape index (κ3) is 2.69. The van der Waals surface area contributed by atoms with Gasteiger partial charge in [0.15, 0.2) is 0 Å². The molecule has 0 spiro atoms. The lowest BCUT2D eigenvalue weighted by Gasteiger charge is -2.22. The quantitative estimate of drug-likeness (QED) is 0.875. The molecule has 1 aliphatic carbocycles. The highest BCUT2D eigenvalue weighted by Gasteiger charge is 2.23. The maximum Gasteiger partial charge on any atom is 0.0412 e. The van der Waals surface area contributed by atoms with Gasteiger partial charge in [0.05, 0.1) is 0 Å². The molecule has 1 aliphatic heterocycles. The summed E-state index contributed by atoms with van der Waals surface area (Å²) in [4.78, 5) is 2.56. The number of nitrogens with zero attached hydrogens (tertiary/aromatic N) is 1. The summed E-state index contributed by atoms with van der Waals surface area (Å²) in [6.45, 7) is 8.03. The van der Waals surface area contributed by atoms with E-state index in [1.165, 1.54) is 49.2 Å². The predicted octanol–water partition coefficient (Wildman–Crippen LogP) is 3.09. The van der Waals surface area contributed by atoms with Crippen LogP contribution in [0.15, 0.2) is 18.2 Å². The first-order valence-corrected chi connectivity index (χ1v) is 7.30. The Morgan fingerprint density at radius 3 is 2.78 bits per heavy atom. The Hall–Kier alpha value is -1.02. The number of hydrogen-bond donors (Lipinski definition) is 1. The van der Waals surface area contributed by atoms with Crippen molar-refractivity contribution in [2.24, 2.45) is 5.92 Å². The number of nitrogens with one attached hydrogen (secondary N) is 1. The first kappa shape index (κ1) is 12.0. The Morgan fingerprint density at radius 1 is 1.28 bits per heavy atom. The van der Waals surface area contributed by atoms with Gasteiger partial charge in [-0.3, -0.25) is 0 Å². The highest BCUT2D eigenvalue weighted by Crippen LogP contribution is 2.28. The molecule has 2 heteroatoms. The van der Waals surface area contributed by atoms with Gasteiger partial charge in [0.1, 0.15) is 0 Å². The fourth-order valence-corrected chi connectivity index (χ4v) is 2.86. The summed E-state index contributed by atoms with van der Waals surface area (Å²) in [6.07, 6.45) is 4.06. The molecule has 0 radical (unpaired) electrons. The maximum atomic E-state index is 3.65. The van der Waals surface area contributed by atoms with Gasteiger partial charge in [-0.15, -0.1) is 0 Å². The Labute approximate surface area is 110 Å². The molecule has 1 saturated carbocycles. The van der Waals surface area contributed by atoms with Crippen LogP contribution in [0.5, 0.6) is 0 Å². The van der Waals surface area contributed by atoms with Crippen molar-refractivity contribution in [3.8, 4) is 0 Å². The van der Waals surface area contributed by atoms with E-state index in [1.807, 2.05) is 0 Å². The van der Waals surface area contributed by atoms with Crippen molar-refractivity contribution in [3.63, 3.8) is 0 Å². The van der Waals surface area contributed by atoms with Crippen LogP contribution in [-0.4, -0.2) is 19.1 Å². The standard InChI is InChI=1S/C16H24N2/c1-12-3-6-16(18-8-7-13(2)11-18)14(9-12)10-17-15-4-5-15/h3,6,9,13,15,17H,4-5,7-8,10-11H2,1-2H3. The Bertz CT molecular complexity index is 423. The third-order valence-electron chi connectivity index (χ3n) is 4.16. The molecule has 1 saturated heterocycles. The van der Waals surface area contributed by atoms with Crippen molar-refractivity contribution >= 4 is 5.69 Å². The SMILES string of the molecule is Cc1ccc(N2CCC(C)C2)c(CNC2CC2)c1. The molecule has 2 aliphatic rings. The molecular weight excluding hydrogens is 220 g/mol. The summed E-state index contributed by atoms with van der Waals surface area (Å²) >= 11 is 0. The lowest BCUT2D eigenvalue weighted by molar-refractivity contribution is 0.658. The highest BCUT2D eigenvalue weighted by atomic mass is 15.2. The average molecular weight is 244 g/mol. The topological polar surface area (TPSA) is 15.3 Å². The second-order valence-electron chi connectivity index (χ2n) is 6.13. The fraction of sp³-hybridized carbons (Fsp3) is 0.625. The van der Waals surface area contributed by atoms with Crippen molar-refractivity contribution in [2.75, 3.05) is 18.0 Å². The number of hydrogen-bond acceptors (Lipinski definition) is 2. The van der Waals surface area contributed by atoms with Crippen molar-refractivity contribution in [1.82, 2.24) is 5.32 Å². The van der Waals surface area contributed by atoms with E-state index in [4.69, 9.17) is 0 Å². The van der Waals surface area contributed by atoms with Crippen LogP contribution in [0.4, 0.5) is 5.69 Å². The lowest BCUT2D eigenvalue weighted by atomic mass is 10.1. The molecule has 0 bridgehead atoms. The molecule has 18 heavy (non-hydrogen) atoms. The van der Waals surface area contributed by atoms with E-state index in [0.29, 0.717) is 0 Å². The number of anilines is 1. The highest BCUT2D eigenvalue weighted by molar-refractivity contribution is 5.55. The molecule has 1 aromatic rings. The minimum atomic E-state index is 0.788. The van der Waals surface area contributed by atoms with Crippen LogP contribution in [-0.2, 0) is 6.54 Å². The second kappa shape index (κ2) is 4.93. The molecule has 1 heterocycles. The van der Waals surface area contributed by atoms with E-state index in [1.54, 1.807) is 0 Å². The molecule has 0 aromatic heterocycles. The van der Waals surface area contributed by atoms with E-state index < -0.39 is 0 Å². The number of aryl methyl sites for hydroxylation is 1. The van der Waals surface area contributed by atoms with E-state index >= 15 is 0 Å². The number of benzene rings is 1. The zero-order valence-electron chi connectivity index (χ0n) is 11.6. The molecule has 0 amide bonds. The largest absolute Gasteiger partial charge is 0.371 e. The normalized spacial score (nSPS) is 23.7. The number of rotatable bonds is 4. The van der Waals surface area contributed by atoms with Gasteiger partial charge >= 0.3 is 0 Å². The first-order valence-electron chi connectivity index (χ1n) is 7.30. The summed E-state index contributed by atoms with van der Waals surface area (Å²) in [5.74, 6) is 0.843. The lowest BCUT2D eigenvalue weighted by Crippen LogP contribution is -2.23. The third-order valence-corrected chi connectivity index (χ3v) is 4.16. The molecule has 1 aromatic carbocycles. The Balaban J connectivity index is 1.77. The van der Waals surface area contributed by atoms with Crippen LogP contribution in [0.25, 0.3) is 0 Å². The van der Waals surface area contributed by atoms with Crippen molar-refractivity contribution < 1.29 is 0 Å². The molecular formula is C16H24N2. The smallest absolute Gasteiger partial charge is 0.0412 e. The predicted molar refractivity (Wildman–Crippen MR) is 77.0 cm³/mol. The molecule has 2 fully saturated rings. The zero-order chi connectivity index (χ0) is 12.5. The summed E-state index contributed by atoms with van der Waals surface area (Å²) in [6, 6.07) is 7.71. The van der Waals surface area contributed by atoms with Crippen molar-refractivity contribution in [3.05, 3.63) is 29.3 Å². The van der Waals surface area contributed by atoms with Gasteiger partial charge in [-0.25, -0.2) is 0 Å². The fourth-order valence-electron chi connectivity index (χ4n) is 2.86. The van der Waals surface area contributed by atoms with Gasteiger partial charge in [0, 0.05) is 31.4 Å². The molecule has 1 unspecified atom stereocenters. The van der Waals surface area contributed by atoms with E-state index in [-0.39, 0.29) is 0 Å². The van der Waals surface area contributed by atoms with Gasteiger partial charge in [-0.2, -0.15) is 0 Å². The van der Waals surface area contributed by atoms with Gasteiger partial charge < -0.3 is 10.2 Å². The maximum absolute atomic E-state index is 3.65. The molecule has 1 atom stereocenters. The van der Waals surface area contributed by atoms with Crippen molar-refractivity contribution in [2.45, 2.75) is 45.7 Å². The minimum absolute atomic E-state index is 0.788. The van der Waals surface area contributed by atoms with Crippen molar-refractivity contribution in [1.29, 1.82) is 0 Å². The van der Waals surface area contributed by atoms with Crippen LogP contribution in [0.1, 0.15) is 37.3 Å². The molecule has 3 rings (SSSR count). The molecule has 1 N–H and O–H groups in total. The van der Waals surface area contributed by atoms with E-state index in [0.717, 1.165) is 18.5 Å². The average Bonchev–Trinajstić information content (AvgIpc) is 3.08. The summed E-state index contributed by atoms with van der Waals surface area (Å²) in [7, 11) is 0. The van der Waals surface area contributed by atoms with Gasteiger partial charge in [-0.05, 0) is 43.7 Å². The molecule has 2 nitrogen and oxygen atoms in total. The monoisotopic (exact) mass is 244 g/mol. The summed E-state index contributed by atoms with van der Waals surface area (Å²) in [5, 5.41) is 3.65. The van der Waals surface area contributed by atoms with Crippen LogP contribution >= 0.6 is 0 Å². The van der Waals surface area contributed by atoms with Crippen LogP contribution in [0, 0.1) is 12.8 Å². The van der Waals surface area contributed by atoms with Crippen LogP contribution < -0.4 is 10.2 Å². The second-order valence-corrected chi connectivity index (χ2v) is 6.13. The van der Waals surface area contributed by atoms with E-state index in [2.05, 4.69) is 42.3 Å². The van der Waals surface area contributed by atoms with Gasteiger partial charge in [0.2, 0.25) is 0 Å². The first-order chi connectivity index (χ1) is 8.72. The Morgan fingerprint density at radius 2 is 2.11 bits per heavy atom. The summed E-state index contributed by atoms with van der Waals surface area (Å²) in [5.41, 5.74) is 4.31. The zero-order valence-corrected chi connectivity index (χ0v) is 11.6. The van der Waals surface area contributed by atoms with Crippen LogP contribution in [0.2, 0.25) is 0 Å². The summed E-state index contributed by atoms with van der Waals surface area (Å²) < 4.78 is 0.